The number of hydrogen-bond acceptors (Lipinski definition) is 2. The molecule has 0 unspecified atom stereocenters. The van der Waals surface area contributed by atoms with Gasteiger partial charge in [0, 0.05) is 23.7 Å². The summed E-state index contributed by atoms with van der Waals surface area (Å²) in [6.45, 7) is 6.02. The lowest BCUT2D eigenvalue weighted by Crippen LogP contribution is -2.20. The number of carbonyl (C=O) groups excluding carboxylic acids is 1. The minimum absolute atomic E-state index is 0.0267. The van der Waals surface area contributed by atoms with Crippen molar-refractivity contribution in [1.82, 2.24) is 4.57 Å². The van der Waals surface area contributed by atoms with E-state index in [0.717, 1.165) is 5.56 Å². The van der Waals surface area contributed by atoms with Gasteiger partial charge in [0.2, 0.25) is 5.43 Å². The Morgan fingerprint density at radius 3 is 2.58 bits per heavy atom. The molecule has 0 bridgehead atoms. The molecule has 0 atom stereocenters. The lowest BCUT2D eigenvalue weighted by molar-refractivity contribution is 0.103. The van der Waals surface area contributed by atoms with Gasteiger partial charge in [-0.05, 0) is 25.1 Å². The van der Waals surface area contributed by atoms with Crippen LogP contribution in [0.5, 0.6) is 0 Å². The van der Waals surface area contributed by atoms with Gasteiger partial charge in [0.05, 0.1) is 11.1 Å². The highest BCUT2D eigenvalue weighted by Crippen LogP contribution is 2.16. The van der Waals surface area contributed by atoms with Crippen molar-refractivity contribution in [3.05, 3.63) is 94.0 Å². The maximum atomic E-state index is 13.6. The molecule has 0 aliphatic heterocycles. The molecule has 3 rings (SSSR count). The van der Waals surface area contributed by atoms with E-state index < -0.39 is 11.2 Å². The quantitative estimate of drug-likeness (QED) is 0.540. The lowest BCUT2D eigenvalue weighted by atomic mass is 10.0. The number of allylic oxidation sites excluding steroid dienone is 1. The molecule has 0 N–H and O–H groups in total. The average Bonchev–Trinajstić information content (AvgIpc) is 2.57. The number of hydrogen-bond donors (Lipinski definition) is 0. The second-order valence-electron chi connectivity index (χ2n) is 5.67. The van der Waals surface area contributed by atoms with E-state index in [2.05, 4.69) is 6.58 Å². The predicted molar refractivity (Wildman–Crippen MR) is 93.0 cm³/mol. The van der Waals surface area contributed by atoms with E-state index in [-0.39, 0.29) is 16.7 Å². The van der Waals surface area contributed by atoms with Crippen molar-refractivity contribution < 1.29 is 9.18 Å². The zero-order chi connectivity index (χ0) is 17.3. The van der Waals surface area contributed by atoms with Gasteiger partial charge in [0.25, 0.3) is 0 Å². The molecule has 0 radical (unpaired) electrons. The minimum atomic E-state index is -0.510. The third-order valence-electron chi connectivity index (χ3n) is 3.93. The first kappa shape index (κ1) is 15.9. The van der Waals surface area contributed by atoms with Gasteiger partial charge in [-0.15, -0.1) is 6.58 Å². The summed E-state index contributed by atoms with van der Waals surface area (Å²) in [5.74, 6) is -0.881. The number of fused-ring (bicyclic) bond motifs is 1. The zero-order valence-electron chi connectivity index (χ0n) is 13.3. The molecule has 120 valence electrons. The summed E-state index contributed by atoms with van der Waals surface area (Å²) in [5, 5.41) is 0.190. The maximum Gasteiger partial charge on any atom is 0.200 e. The van der Waals surface area contributed by atoms with Crippen molar-refractivity contribution in [3.63, 3.8) is 0 Å². The molecule has 3 nitrogen and oxygen atoms in total. The highest BCUT2D eigenvalue weighted by Gasteiger charge is 2.17. The molecule has 0 amide bonds. The summed E-state index contributed by atoms with van der Waals surface area (Å²) in [6, 6.07) is 11.0. The Morgan fingerprint density at radius 1 is 1.21 bits per heavy atom. The minimum Gasteiger partial charge on any atom is -0.343 e. The molecule has 0 aliphatic carbocycles. The van der Waals surface area contributed by atoms with Crippen LogP contribution in [0.25, 0.3) is 10.9 Å². The van der Waals surface area contributed by atoms with Gasteiger partial charge in [0.1, 0.15) is 5.82 Å². The van der Waals surface area contributed by atoms with E-state index in [1.165, 1.54) is 24.4 Å². The van der Waals surface area contributed by atoms with Crippen LogP contribution < -0.4 is 5.43 Å². The summed E-state index contributed by atoms with van der Waals surface area (Å²) >= 11 is 0. The Hall–Kier alpha value is -3.01. The number of ketones is 1. The normalized spacial score (nSPS) is 10.8. The van der Waals surface area contributed by atoms with Gasteiger partial charge in [-0.2, -0.15) is 0 Å². The van der Waals surface area contributed by atoms with Crippen LogP contribution in [0.2, 0.25) is 0 Å². The number of benzene rings is 2. The molecular weight excluding hydrogens is 305 g/mol. The molecule has 0 spiro atoms. The molecule has 24 heavy (non-hydrogen) atoms. The van der Waals surface area contributed by atoms with Crippen LogP contribution >= 0.6 is 0 Å². The van der Waals surface area contributed by atoms with Crippen molar-refractivity contribution in [1.29, 1.82) is 0 Å². The number of pyridine rings is 1. The lowest BCUT2D eigenvalue weighted by Gasteiger charge is -2.11. The Balaban J connectivity index is 2.25. The van der Waals surface area contributed by atoms with Crippen LogP contribution in [0.1, 0.15) is 21.5 Å². The molecule has 2 aromatic carbocycles. The largest absolute Gasteiger partial charge is 0.343 e. The highest BCUT2D eigenvalue weighted by molar-refractivity contribution is 6.10. The topological polar surface area (TPSA) is 39.1 Å². The standard InChI is InChI=1S/C20H16FNO2/c1-3-10-22-12-17(19(23)14-6-4-13(2)5-7-14)20(24)16-11-15(21)8-9-18(16)22/h3-9,11-12H,1,10H2,2H3. The summed E-state index contributed by atoms with van der Waals surface area (Å²) in [4.78, 5) is 25.4. The Bertz CT molecular complexity index is 1000. The summed E-state index contributed by atoms with van der Waals surface area (Å²) in [6.07, 6.45) is 3.18. The van der Waals surface area contributed by atoms with Gasteiger partial charge >= 0.3 is 0 Å². The highest BCUT2D eigenvalue weighted by atomic mass is 19.1. The van der Waals surface area contributed by atoms with Crippen LogP contribution in [0.15, 0.2) is 66.1 Å². The average molecular weight is 321 g/mol. The molecule has 0 saturated carbocycles. The molecule has 4 heteroatoms. The van der Waals surface area contributed by atoms with Crippen molar-refractivity contribution in [3.8, 4) is 0 Å². The fourth-order valence-electron chi connectivity index (χ4n) is 2.68. The van der Waals surface area contributed by atoms with Crippen LogP contribution in [0.3, 0.4) is 0 Å². The molecule has 3 aromatic rings. The number of nitrogens with zero attached hydrogens (tertiary/aromatic N) is 1. The molecule has 0 fully saturated rings. The number of aryl methyl sites for hydroxylation is 1. The van der Waals surface area contributed by atoms with Crippen LogP contribution in [0, 0.1) is 12.7 Å². The van der Waals surface area contributed by atoms with Crippen molar-refractivity contribution in [2.24, 2.45) is 0 Å². The number of halogens is 1. The van der Waals surface area contributed by atoms with Crippen LogP contribution in [-0.2, 0) is 6.54 Å². The number of rotatable bonds is 4. The van der Waals surface area contributed by atoms with Crippen molar-refractivity contribution in [2.75, 3.05) is 0 Å². The number of carbonyl (C=O) groups is 1. The first-order valence-corrected chi connectivity index (χ1v) is 7.56. The summed E-state index contributed by atoms with van der Waals surface area (Å²) in [5.41, 5.74) is 1.59. The van der Waals surface area contributed by atoms with E-state index in [1.807, 2.05) is 19.1 Å². The maximum absolute atomic E-state index is 13.6. The van der Waals surface area contributed by atoms with Crippen LogP contribution in [-0.4, -0.2) is 10.4 Å². The van der Waals surface area contributed by atoms with E-state index >= 15 is 0 Å². The third kappa shape index (κ3) is 2.78. The van der Waals surface area contributed by atoms with Gasteiger partial charge in [0.15, 0.2) is 5.78 Å². The van der Waals surface area contributed by atoms with Gasteiger partial charge < -0.3 is 4.57 Å². The SMILES string of the molecule is C=CCn1cc(C(=O)c2ccc(C)cc2)c(=O)c2cc(F)ccc21. The molecule has 0 saturated heterocycles. The smallest absolute Gasteiger partial charge is 0.200 e. The van der Waals surface area contributed by atoms with Crippen LogP contribution in [0.4, 0.5) is 4.39 Å². The monoisotopic (exact) mass is 321 g/mol. The first-order valence-electron chi connectivity index (χ1n) is 7.56. The second-order valence-corrected chi connectivity index (χ2v) is 5.67. The van der Waals surface area contributed by atoms with E-state index in [4.69, 9.17) is 0 Å². The van der Waals surface area contributed by atoms with E-state index in [9.17, 15) is 14.0 Å². The molecule has 1 heterocycles. The van der Waals surface area contributed by atoms with Gasteiger partial charge in [-0.25, -0.2) is 4.39 Å². The first-order chi connectivity index (χ1) is 11.5. The summed E-state index contributed by atoms with van der Waals surface area (Å²) in [7, 11) is 0. The van der Waals surface area contributed by atoms with E-state index in [0.29, 0.717) is 17.6 Å². The predicted octanol–water partition coefficient (Wildman–Crippen LogP) is 3.87. The zero-order valence-corrected chi connectivity index (χ0v) is 13.3. The van der Waals surface area contributed by atoms with E-state index in [1.54, 1.807) is 22.8 Å². The third-order valence-corrected chi connectivity index (χ3v) is 3.93. The van der Waals surface area contributed by atoms with Gasteiger partial charge in [-0.3, -0.25) is 9.59 Å². The fourth-order valence-corrected chi connectivity index (χ4v) is 2.68. The Labute approximate surface area is 138 Å². The number of aromatic nitrogens is 1. The molecule has 1 aromatic heterocycles. The fraction of sp³-hybridized carbons (Fsp3) is 0.100. The van der Waals surface area contributed by atoms with Crippen molar-refractivity contribution >= 4 is 16.7 Å². The Morgan fingerprint density at radius 2 is 1.92 bits per heavy atom. The molecule has 0 aliphatic rings. The second kappa shape index (κ2) is 6.24. The van der Waals surface area contributed by atoms with Crippen molar-refractivity contribution in [2.45, 2.75) is 13.5 Å². The Kier molecular flexibility index (Phi) is 4.13. The molecular formula is C20H16FNO2. The summed E-state index contributed by atoms with van der Waals surface area (Å²) < 4.78 is 15.3. The van der Waals surface area contributed by atoms with Gasteiger partial charge in [-0.1, -0.05) is 35.9 Å².